The van der Waals surface area contributed by atoms with Crippen LogP contribution in [0.1, 0.15) is 61.8 Å². The molecule has 4 heterocycles. The lowest BCUT2D eigenvalue weighted by atomic mass is 9.98. The minimum atomic E-state index is 0.261. The van der Waals surface area contributed by atoms with Crippen molar-refractivity contribution in [2.45, 2.75) is 52.0 Å². The molecule has 1 unspecified atom stereocenters. The Morgan fingerprint density at radius 3 is 2.81 bits per heavy atom. The average Bonchev–Trinajstić information content (AvgIpc) is 3.37. The highest BCUT2D eigenvalue weighted by Gasteiger charge is 2.27. The molecule has 8 nitrogen and oxygen atoms in total. The van der Waals surface area contributed by atoms with E-state index in [4.69, 9.17) is 8.94 Å². The average molecular weight is 370 g/mol. The number of aromatic nitrogens is 5. The van der Waals surface area contributed by atoms with E-state index >= 15 is 0 Å². The maximum atomic E-state index is 5.91. The van der Waals surface area contributed by atoms with Crippen LogP contribution in [-0.2, 0) is 13.6 Å². The van der Waals surface area contributed by atoms with E-state index in [1.165, 1.54) is 0 Å². The Morgan fingerprint density at radius 2 is 2.11 bits per heavy atom. The van der Waals surface area contributed by atoms with Crippen LogP contribution in [0.4, 0.5) is 0 Å². The zero-order chi connectivity index (χ0) is 19.0. The van der Waals surface area contributed by atoms with Crippen LogP contribution >= 0.6 is 0 Å². The lowest BCUT2D eigenvalue weighted by Gasteiger charge is -2.29. The minimum absolute atomic E-state index is 0.261. The molecule has 1 aliphatic rings. The van der Waals surface area contributed by atoms with Gasteiger partial charge in [0.05, 0.1) is 12.5 Å². The zero-order valence-corrected chi connectivity index (χ0v) is 16.3. The zero-order valence-electron chi connectivity index (χ0n) is 16.3. The summed E-state index contributed by atoms with van der Waals surface area (Å²) < 4.78 is 13.5. The summed E-state index contributed by atoms with van der Waals surface area (Å²) in [6.45, 7) is 8.70. The van der Waals surface area contributed by atoms with Gasteiger partial charge in [0.2, 0.25) is 11.8 Å². The first-order valence-corrected chi connectivity index (χ1v) is 9.52. The van der Waals surface area contributed by atoms with Crippen LogP contribution in [0.2, 0.25) is 0 Å². The van der Waals surface area contributed by atoms with E-state index in [1.54, 1.807) is 0 Å². The Morgan fingerprint density at radius 1 is 1.26 bits per heavy atom. The van der Waals surface area contributed by atoms with Crippen LogP contribution in [0.5, 0.6) is 0 Å². The fourth-order valence-electron chi connectivity index (χ4n) is 3.49. The van der Waals surface area contributed by atoms with Crippen LogP contribution < -0.4 is 0 Å². The molecule has 0 amide bonds. The van der Waals surface area contributed by atoms with Crippen molar-refractivity contribution < 1.29 is 8.94 Å². The molecule has 0 aromatic carbocycles. The fraction of sp³-hybridized carbons (Fsp3) is 0.579. The van der Waals surface area contributed by atoms with Gasteiger partial charge in [-0.15, -0.1) is 10.2 Å². The van der Waals surface area contributed by atoms with Gasteiger partial charge in [-0.2, -0.15) is 4.98 Å². The molecular weight excluding hydrogens is 344 g/mol. The minimum Gasteiger partial charge on any atom is -0.418 e. The monoisotopic (exact) mass is 370 g/mol. The van der Waals surface area contributed by atoms with Crippen molar-refractivity contribution in [3.63, 3.8) is 0 Å². The molecule has 1 saturated heterocycles. The molecule has 1 aliphatic heterocycles. The van der Waals surface area contributed by atoms with Crippen LogP contribution in [0.25, 0.3) is 11.6 Å². The molecule has 0 aliphatic carbocycles. The Labute approximate surface area is 158 Å². The molecule has 3 aromatic rings. The second-order valence-corrected chi connectivity index (χ2v) is 7.64. The first-order chi connectivity index (χ1) is 13.0. The molecule has 144 valence electrons. The number of piperidine rings is 1. The highest BCUT2D eigenvalue weighted by molar-refractivity contribution is 5.48. The van der Waals surface area contributed by atoms with E-state index < -0.39 is 0 Å². The molecular formula is C19H26N6O2. The molecule has 1 fully saturated rings. The van der Waals surface area contributed by atoms with E-state index in [0.717, 1.165) is 49.0 Å². The number of likely N-dealkylation sites (tertiary alicyclic amines) is 1. The third-order valence-electron chi connectivity index (χ3n) is 5.25. The molecule has 4 rings (SSSR count). The van der Waals surface area contributed by atoms with E-state index in [9.17, 15) is 0 Å². The van der Waals surface area contributed by atoms with Crippen LogP contribution in [0, 0.1) is 6.92 Å². The lowest BCUT2D eigenvalue weighted by Crippen LogP contribution is -2.34. The largest absolute Gasteiger partial charge is 0.418 e. The van der Waals surface area contributed by atoms with Crippen LogP contribution in [0.3, 0.4) is 0 Å². The van der Waals surface area contributed by atoms with Crippen molar-refractivity contribution in [2.75, 3.05) is 13.1 Å². The third-order valence-corrected chi connectivity index (χ3v) is 5.25. The Kier molecular flexibility index (Phi) is 4.82. The molecule has 0 N–H and O–H groups in total. The molecule has 3 aromatic heterocycles. The third kappa shape index (κ3) is 3.66. The molecule has 0 radical (unpaired) electrons. The number of rotatable bonds is 5. The molecule has 0 spiro atoms. The summed E-state index contributed by atoms with van der Waals surface area (Å²) in [6, 6.07) is 4.05. The van der Waals surface area contributed by atoms with Gasteiger partial charge in [-0.05, 0) is 38.4 Å². The maximum absolute atomic E-state index is 5.91. The Hall–Kier alpha value is -2.48. The lowest BCUT2D eigenvalue weighted by molar-refractivity contribution is 0.167. The van der Waals surface area contributed by atoms with Crippen molar-refractivity contribution in [2.24, 2.45) is 7.05 Å². The molecule has 8 heteroatoms. The van der Waals surface area contributed by atoms with Gasteiger partial charge in [0, 0.05) is 25.2 Å². The Bertz CT molecular complexity index is 909. The summed E-state index contributed by atoms with van der Waals surface area (Å²) in [5, 5.41) is 12.6. The first-order valence-electron chi connectivity index (χ1n) is 9.52. The number of hydrogen-bond donors (Lipinski definition) is 0. The SMILES string of the molecule is Cc1ccc(-c2nnc(CN3CCCC(c4nc(C(C)C)no4)C3)o2)n1C. The number of hydrogen-bond acceptors (Lipinski definition) is 7. The molecule has 0 bridgehead atoms. The van der Waals surface area contributed by atoms with Crippen molar-refractivity contribution >= 4 is 0 Å². The number of nitrogens with zero attached hydrogens (tertiary/aromatic N) is 6. The standard InChI is InChI=1S/C19H26N6O2/c1-12(2)17-20-18(27-23-17)14-6-5-9-25(10-14)11-16-21-22-19(26-16)15-8-7-13(3)24(15)4/h7-8,12,14H,5-6,9-11H2,1-4H3. The summed E-state index contributed by atoms with van der Waals surface area (Å²) in [6.07, 6.45) is 2.15. The second-order valence-electron chi connectivity index (χ2n) is 7.64. The van der Waals surface area contributed by atoms with E-state index in [1.807, 2.05) is 19.2 Å². The molecule has 0 saturated carbocycles. The van der Waals surface area contributed by atoms with Crippen LogP contribution in [0.15, 0.2) is 21.1 Å². The summed E-state index contributed by atoms with van der Waals surface area (Å²) in [5.41, 5.74) is 2.10. The Balaban J connectivity index is 1.43. The van der Waals surface area contributed by atoms with Gasteiger partial charge in [0.1, 0.15) is 5.69 Å². The van der Waals surface area contributed by atoms with Crippen molar-refractivity contribution in [3.8, 4) is 11.6 Å². The van der Waals surface area contributed by atoms with Gasteiger partial charge < -0.3 is 13.5 Å². The predicted molar refractivity (Wildman–Crippen MR) is 99.1 cm³/mol. The first kappa shape index (κ1) is 17.9. The van der Waals surface area contributed by atoms with Gasteiger partial charge in [-0.3, -0.25) is 4.90 Å². The summed E-state index contributed by atoms with van der Waals surface area (Å²) in [5.74, 6) is 3.26. The highest BCUT2D eigenvalue weighted by atomic mass is 16.5. The fourth-order valence-corrected chi connectivity index (χ4v) is 3.49. The van der Waals surface area contributed by atoms with Crippen molar-refractivity contribution in [1.82, 2.24) is 29.8 Å². The summed E-state index contributed by atoms with van der Waals surface area (Å²) in [7, 11) is 2.00. The van der Waals surface area contributed by atoms with Crippen molar-refractivity contribution in [3.05, 3.63) is 35.4 Å². The van der Waals surface area contributed by atoms with Crippen molar-refractivity contribution in [1.29, 1.82) is 0 Å². The van der Waals surface area contributed by atoms with E-state index in [2.05, 4.69) is 50.6 Å². The van der Waals surface area contributed by atoms with Gasteiger partial charge in [-0.25, -0.2) is 0 Å². The van der Waals surface area contributed by atoms with Crippen LogP contribution in [-0.4, -0.2) is 42.9 Å². The summed E-state index contributed by atoms with van der Waals surface area (Å²) >= 11 is 0. The number of aryl methyl sites for hydroxylation is 1. The van der Waals surface area contributed by atoms with Gasteiger partial charge in [0.15, 0.2) is 5.82 Å². The normalized spacial score (nSPS) is 18.5. The van der Waals surface area contributed by atoms with Gasteiger partial charge >= 0.3 is 0 Å². The van der Waals surface area contributed by atoms with E-state index in [-0.39, 0.29) is 11.8 Å². The molecule has 27 heavy (non-hydrogen) atoms. The van der Waals surface area contributed by atoms with E-state index in [0.29, 0.717) is 18.3 Å². The topological polar surface area (TPSA) is 86.0 Å². The smallest absolute Gasteiger partial charge is 0.264 e. The molecule has 1 atom stereocenters. The highest BCUT2D eigenvalue weighted by Crippen LogP contribution is 2.28. The van der Waals surface area contributed by atoms with Gasteiger partial charge in [0.25, 0.3) is 5.89 Å². The van der Waals surface area contributed by atoms with Gasteiger partial charge in [-0.1, -0.05) is 19.0 Å². The predicted octanol–water partition coefficient (Wildman–Crippen LogP) is 3.27. The summed E-state index contributed by atoms with van der Waals surface area (Å²) in [4.78, 5) is 6.89. The maximum Gasteiger partial charge on any atom is 0.264 e. The second kappa shape index (κ2) is 7.26. The quantitative estimate of drug-likeness (QED) is 0.681.